The average molecular weight is 540 g/mol. The Hall–Kier alpha value is -3.73. The van der Waals surface area contributed by atoms with Gasteiger partial charge in [-0.1, -0.05) is 35.9 Å². The largest absolute Gasteiger partial charge is 0.497 e. The number of carbonyl (C=O) groups is 2. The molecule has 0 saturated heterocycles. The van der Waals surface area contributed by atoms with Crippen LogP contribution >= 0.6 is 11.6 Å². The number of ether oxygens (including phenoxy) is 2. The lowest BCUT2D eigenvalue weighted by atomic mass is 10.0. The van der Waals surface area contributed by atoms with Crippen molar-refractivity contribution in [3.8, 4) is 17.0 Å². The van der Waals surface area contributed by atoms with E-state index in [9.17, 15) is 14.7 Å². The maximum Gasteiger partial charge on any atom is 0.254 e. The molecule has 2 amide bonds. The number of aliphatic hydroxyl groups excluding tert-OH is 1. The first kappa shape index (κ1) is 27.3. The second-order valence-electron chi connectivity index (χ2n) is 9.00. The number of hydrogen-bond acceptors (Lipinski definition) is 8. The number of anilines is 1. The molecule has 1 aromatic heterocycles. The van der Waals surface area contributed by atoms with E-state index in [1.807, 2.05) is 19.1 Å². The molecule has 0 aliphatic carbocycles. The van der Waals surface area contributed by atoms with E-state index < -0.39 is 6.04 Å². The molecule has 1 aliphatic heterocycles. The predicted molar refractivity (Wildman–Crippen MR) is 143 cm³/mol. The molecule has 10 nitrogen and oxygen atoms in total. The maximum absolute atomic E-state index is 13.2. The number of fused-ring (bicyclic) bond motifs is 1. The number of nitrogens with one attached hydrogen (secondary N) is 2. The first-order chi connectivity index (χ1) is 18.3. The fourth-order valence-corrected chi connectivity index (χ4v) is 4.49. The van der Waals surface area contributed by atoms with E-state index in [2.05, 4.69) is 20.6 Å². The third kappa shape index (κ3) is 6.21. The Morgan fingerprint density at radius 2 is 2.05 bits per heavy atom. The zero-order chi connectivity index (χ0) is 27.2. The number of nitrogens with zero attached hydrogens (tertiary/aromatic N) is 3. The fourth-order valence-electron chi connectivity index (χ4n) is 4.29. The molecular weight excluding hydrogens is 510 g/mol. The van der Waals surface area contributed by atoms with Crippen molar-refractivity contribution in [1.29, 1.82) is 0 Å². The molecule has 0 fully saturated rings. The maximum atomic E-state index is 13.2. The minimum absolute atomic E-state index is 0.00956. The third-order valence-corrected chi connectivity index (χ3v) is 6.42. The number of aromatic nitrogens is 2. The topological polar surface area (TPSA) is 126 Å². The van der Waals surface area contributed by atoms with Crippen molar-refractivity contribution in [2.24, 2.45) is 0 Å². The molecule has 1 aliphatic rings. The van der Waals surface area contributed by atoms with Crippen molar-refractivity contribution in [3.05, 3.63) is 70.4 Å². The summed E-state index contributed by atoms with van der Waals surface area (Å²) >= 11 is 6.39. The normalized spacial score (nSPS) is 14.1. The molecule has 2 heterocycles. The Balaban J connectivity index is 1.46. The minimum atomic E-state index is -0.626. The highest BCUT2D eigenvalue weighted by Gasteiger charge is 2.30. The molecule has 0 radical (unpaired) electrons. The van der Waals surface area contributed by atoms with E-state index in [0.29, 0.717) is 52.3 Å². The highest BCUT2D eigenvalue weighted by molar-refractivity contribution is 6.33. The monoisotopic (exact) mass is 539 g/mol. The summed E-state index contributed by atoms with van der Waals surface area (Å²) in [4.78, 5) is 36.2. The highest BCUT2D eigenvalue weighted by atomic mass is 35.5. The number of rotatable bonds is 11. The zero-order valence-corrected chi connectivity index (χ0v) is 22.2. The van der Waals surface area contributed by atoms with Gasteiger partial charge in [-0.25, -0.2) is 9.97 Å². The van der Waals surface area contributed by atoms with Crippen LogP contribution in [-0.4, -0.2) is 71.8 Å². The van der Waals surface area contributed by atoms with Crippen LogP contribution in [0.15, 0.2) is 48.7 Å². The summed E-state index contributed by atoms with van der Waals surface area (Å²) < 4.78 is 10.4. The number of halogens is 1. The van der Waals surface area contributed by atoms with Gasteiger partial charge in [0.2, 0.25) is 11.9 Å². The van der Waals surface area contributed by atoms with Crippen LogP contribution in [0.3, 0.4) is 0 Å². The van der Waals surface area contributed by atoms with Crippen molar-refractivity contribution in [2.75, 3.05) is 39.3 Å². The van der Waals surface area contributed by atoms with Gasteiger partial charge in [-0.15, -0.1) is 0 Å². The summed E-state index contributed by atoms with van der Waals surface area (Å²) in [5, 5.41) is 16.1. The summed E-state index contributed by atoms with van der Waals surface area (Å²) in [6, 6.07) is 11.9. The number of methoxy groups -OCH3 is 2. The predicted octanol–water partition coefficient (Wildman–Crippen LogP) is 3.06. The van der Waals surface area contributed by atoms with Crippen molar-refractivity contribution in [1.82, 2.24) is 20.2 Å². The zero-order valence-electron chi connectivity index (χ0n) is 21.4. The molecule has 3 N–H and O–H groups in total. The van der Waals surface area contributed by atoms with Crippen LogP contribution in [0, 0.1) is 0 Å². The molecule has 2 atom stereocenters. The van der Waals surface area contributed by atoms with Crippen LogP contribution in [0.5, 0.6) is 5.75 Å². The molecule has 2 aromatic carbocycles. The Kier molecular flexibility index (Phi) is 8.77. The van der Waals surface area contributed by atoms with E-state index in [0.717, 1.165) is 5.56 Å². The summed E-state index contributed by atoms with van der Waals surface area (Å²) in [7, 11) is 3.16. The average Bonchev–Trinajstić information content (AvgIpc) is 3.22. The van der Waals surface area contributed by atoms with Crippen molar-refractivity contribution in [3.63, 3.8) is 0 Å². The number of aliphatic hydroxyl groups is 1. The standard InChI is InChI=1S/C27H30ClN5O5/c1-16(15-37-2)30-27-29-11-22(28)25(32-27)18-7-8-19-12-33(26(36)21(19)10-18)13-24(35)31-23(14-34)17-5-4-6-20(9-17)38-3/h4-11,16,23,34H,12-15H2,1-3H3,(H,31,35)(H,29,30,32). The molecular formula is C27H30ClN5O5. The van der Waals surface area contributed by atoms with Gasteiger partial charge in [0.05, 0.1) is 43.3 Å². The van der Waals surface area contributed by atoms with Crippen molar-refractivity contribution < 1.29 is 24.2 Å². The van der Waals surface area contributed by atoms with Gasteiger partial charge in [0.15, 0.2) is 0 Å². The quantitative estimate of drug-likeness (QED) is 0.339. The van der Waals surface area contributed by atoms with Gasteiger partial charge in [0.25, 0.3) is 5.91 Å². The smallest absolute Gasteiger partial charge is 0.254 e. The number of amides is 2. The lowest BCUT2D eigenvalue weighted by molar-refractivity contribution is -0.122. The molecule has 0 bridgehead atoms. The molecule has 0 saturated carbocycles. The van der Waals surface area contributed by atoms with Gasteiger partial charge in [-0.05, 0) is 36.2 Å². The number of carbonyl (C=O) groups excluding carboxylic acids is 2. The lowest BCUT2D eigenvalue weighted by Gasteiger charge is -2.20. The molecule has 200 valence electrons. The summed E-state index contributed by atoms with van der Waals surface area (Å²) in [5.74, 6) is 0.366. The Labute approximate surface area is 226 Å². The van der Waals surface area contributed by atoms with Crippen LogP contribution in [-0.2, 0) is 16.1 Å². The Morgan fingerprint density at radius 3 is 2.79 bits per heavy atom. The van der Waals surface area contributed by atoms with E-state index in [1.54, 1.807) is 44.6 Å². The molecule has 0 spiro atoms. The van der Waals surface area contributed by atoms with Crippen LogP contribution in [0.25, 0.3) is 11.3 Å². The second kappa shape index (κ2) is 12.2. The molecule has 38 heavy (non-hydrogen) atoms. The fraction of sp³-hybridized carbons (Fsp3) is 0.333. The van der Waals surface area contributed by atoms with Crippen molar-refractivity contribution >= 4 is 29.4 Å². The molecule has 3 aromatic rings. The van der Waals surface area contributed by atoms with E-state index in [4.69, 9.17) is 21.1 Å². The summed E-state index contributed by atoms with van der Waals surface area (Å²) in [6.07, 6.45) is 1.51. The van der Waals surface area contributed by atoms with Gasteiger partial charge in [0.1, 0.15) is 12.3 Å². The highest BCUT2D eigenvalue weighted by Crippen LogP contribution is 2.31. The van der Waals surface area contributed by atoms with Crippen LogP contribution in [0.1, 0.15) is 34.5 Å². The van der Waals surface area contributed by atoms with E-state index >= 15 is 0 Å². The second-order valence-corrected chi connectivity index (χ2v) is 9.41. The third-order valence-electron chi connectivity index (χ3n) is 6.15. The summed E-state index contributed by atoms with van der Waals surface area (Å²) in [6.45, 7) is 2.28. The first-order valence-electron chi connectivity index (χ1n) is 12.1. The molecule has 2 unspecified atom stereocenters. The van der Waals surface area contributed by atoms with Gasteiger partial charge in [0, 0.05) is 30.8 Å². The van der Waals surface area contributed by atoms with Crippen LogP contribution in [0.4, 0.5) is 5.95 Å². The Bertz CT molecular complexity index is 1320. The van der Waals surface area contributed by atoms with E-state index in [1.165, 1.54) is 11.1 Å². The van der Waals surface area contributed by atoms with Gasteiger partial charge >= 0.3 is 0 Å². The van der Waals surface area contributed by atoms with Gasteiger partial charge in [-0.3, -0.25) is 9.59 Å². The Morgan fingerprint density at radius 1 is 1.24 bits per heavy atom. The van der Waals surface area contributed by atoms with E-state index in [-0.39, 0.29) is 31.0 Å². The van der Waals surface area contributed by atoms with Gasteiger partial charge in [-0.2, -0.15) is 0 Å². The van der Waals surface area contributed by atoms with Crippen LogP contribution < -0.4 is 15.4 Å². The minimum Gasteiger partial charge on any atom is -0.497 e. The SMILES string of the molecule is COCC(C)Nc1ncc(Cl)c(-c2ccc3c(c2)C(=O)N(CC(=O)NC(CO)c2cccc(OC)c2)C3)n1. The number of hydrogen-bond donors (Lipinski definition) is 3. The van der Waals surface area contributed by atoms with Gasteiger partial charge < -0.3 is 30.1 Å². The molecule has 11 heteroatoms. The molecule has 4 rings (SSSR count). The number of benzene rings is 2. The van der Waals surface area contributed by atoms with Crippen molar-refractivity contribution in [2.45, 2.75) is 25.6 Å². The first-order valence-corrected chi connectivity index (χ1v) is 12.5. The lowest BCUT2D eigenvalue weighted by Crippen LogP contribution is -2.40. The van der Waals surface area contributed by atoms with Crippen LogP contribution in [0.2, 0.25) is 5.02 Å². The summed E-state index contributed by atoms with van der Waals surface area (Å²) in [5.41, 5.74) is 3.14.